The molecule has 0 atom stereocenters. The molecule has 0 aliphatic carbocycles. The average Bonchev–Trinajstić information content (AvgIpc) is 3.09. The molecule has 0 bridgehead atoms. The molecule has 0 spiro atoms. The highest BCUT2D eigenvalue weighted by Crippen LogP contribution is 2.37. The summed E-state index contributed by atoms with van der Waals surface area (Å²) in [5, 5.41) is 29.5. The molecule has 0 saturated heterocycles. The molecule has 172 valence electrons. The minimum absolute atomic E-state index is 0.00858. The van der Waals surface area contributed by atoms with E-state index in [4.69, 9.17) is 0 Å². The van der Waals surface area contributed by atoms with E-state index in [1.807, 2.05) is 26.0 Å². The summed E-state index contributed by atoms with van der Waals surface area (Å²) >= 11 is 0. The van der Waals surface area contributed by atoms with E-state index in [9.17, 15) is 24.2 Å². The van der Waals surface area contributed by atoms with E-state index in [1.165, 1.54) is 23.2 Å². The minimum atomic E-state index is -1.15. The molecule has 3 aromatic carbocycles. The fourth-order valence-electron chi connectivity index (χ4n) is 3.50. The second kappa shape index (κ2) is 8.78. The Hall–Kier alpha value is -4.53. The van der Waals surface area contributed by atoms with Crippen molar-refractivity contribution in [1.82, 2.24) is 0 Å². The maximum Gasteiger partial charge on any atom is 0.335 e. The number of benzene rings is 3. The minimum Gasteiger partial charge on any atom is -0.505 e. The Labute approximate surface area is 194 Å². The van der Waals surface area contributed by atoms with Crippen molar-refractivity contribution in [2.45, 2.75) is 20.8 Å². The van der Waals surface area contributed by atoms with Crippen LogP contribution in [0.1, 0.15) is 28.4 Å². The summed E-state index contributed by atoms with van der Waals surface area (Å²) in [5.74, 6) is -2.65. The fraction of sp³-hybridized carbons (Fsp3) is 0.120. The van der Waals surface area contributed by atoms with E-state index in [1.54, 1.807) is 19.1 Å². The number of phenols is 1. The number of aromatic hydroxyl groups is 1. The van der Waals surface area contributed by atoms with Gasteiger partial charge in [0.25, 0.3) is 0 Å². The number of carbonyl (C=O) groups is 2. The Balaban J connectivity index is 1.65. The molecule has 4 rings (SSSR count). The van der Waals surface area contributed by atoms with Gasteiger partial charge in [-0.2, -0.15) is 15.2 Å². The Morgan fingerprint density at radius 2 is 1.82 bits per heavy atom. The van der Waals surface area contributed by atoms with Crippen molar-refractivity contribution >= 4 is 34.7 Å². The molecule has 0 saturated carbocycles. The molecular weight excluding hydrogens is 439 g/mol. The van der Waals surface area contributed by atoms with Gasteiger partial charge in [0.1, 0.15) is 17.3 Å². The molecule has 0 unspecified atom stereocenters. The lowest BCUT2D eigenvalue weighted by Gasteiger charge is -2.13. The van der Waals surface area contributed by atoms with Crippen molar-refractivity contribution in [2.75, 3.05) is 10.4 Å². The highest BCUT2D eigenvalue weighted by atomic mass is 19.1. The lowest BCUT2D eigenvalue weighted by molar-refractivity contribution is -0.112. The number of nitrogens with zero attached hydrogens (tertiary/aromatic N) is 3. The second-order valence-corrected chi connectivity index (χ2v) is 7.88. The maximum atomic E-state index is 14.3. The Bertz CT molecular complexity index is 1400. The van der Waals surface area contributed by atoms with Gasteiger partial charge in [0, 0.05) is 11.6 Å². The third kappa shape index (κ3) is 4.23. The summed E-state index contributed by atoms with van der Waals surface area (Å²) in [6.07, 6.45) is 0. The first-order valence-corrected chi connectivity index (χ1v) is 10.3. The third-order valence-corrected chi connectivity index (χ3v) is 5.51. The van der Waals surface area contributed by atoms with Crippen LogP contribution in [-0.2, 0) is 4.79 Å². The highest BCUT2D eigenvalue weighted by Gasteiger charge is 2.31. The van der Waals surface area contributed by atoms with E-state index >= 15 is 0 Å². The fourth-order valence-corrected chi connectivity index (χ4v) is 3.50. The van der Waals surface area contributed by atoms with Crippen LogP contribution in [0.25, 0.3) is 11.1 Å². The SMILES string of the molecule is CC1=NN(c2ccc(C)c(C)c2)C(=O)/C1=N\Nc1cc(F)cc(-c2cccc(C(=O)O)c2)c1O. The van der Waals surface area contributed by atoms with Gasteiger partial charge < -0.3 is 10.2 Å². The Kier molecular flexibility index (Phi) is 5.85. The average molecular weight is 460 g/mol. The van der Waals surface area contributed by atoms with Crippen molar-refractivity contribution in [2.24, 2.45) is 10.2 Å². The van der Waals surface area contributed by atoms with Crippen LogP contribution in [0.4, 0.5) is 15.8 Å². The van der Waals surface area contributed by atoms with Crippen molar-refractivity contribution in [3.63, 3.8) is 0 Å². The number of carbonyl (C=O) groups excluding carboxylic acids is 1. The molecule has 34 heavy (non-hydrogen) atoms. The number of amides is 1. The highest BCUT2D eigenvalue weighted by molar-refractivity contribution is 6.71. The van der Waals surface area contributed by atoms with Gasteiger partial charge in [-0.3, -0.25) is 10.2 Å². The molecule has 1 aliphatic rings. The van der Waals surface area contributed by atoms with Crippen LogP contribution in [0.5, 0.6) is 5.75 Å². The lowest BCUT2D eigenvalue weighted by atomic mass is 10.0. The van der Waals surface area contributed by atoms with Crippen molar-refractivity contribution < 1.29 is 24.2 Å². The summed E-state index contributed by atoms with van der Waals surface area (Å²) in [4.78, 5) is 24.2. The van der Waals surface area contributed by atoms with Gasteiger partial charge in [-0.1, -0.05) is 18.2 Å². The van der Waals surface area contributed by atoms with Crippen LogP contribution in [0.3, 0.4) is 0 Å². The monoisotopic (exact) mass is 460 g/mol. The summed E-state index contributed by atoms with van der Waals surface area (Å²) in [5.41, 5.74) is 5.87. The molecule has 8 nitrogen and oxygen atoms in total. The molecule has 0 fully saturated rings. The molecular formula is C25H21FN4O4. The first kappa shape index (κ1) is 22.7. The summed E-state index contributed by atoms with van der Waals surface area (Å²) < 4.78 is 14.3. The number of hydrogen-bond acceptors (Lipinski definition) is 6. The summed E-state index contributed by atoms with van der Waals surface area (Å²) in [6, 6.07) is 13.4. The number of carboxylic acids is 1. The predicted octanol–water partition coefficient (Wildman–Crippen LogP) is 4.70. The molecule has 1 heterocycles. The number of hydrogen-bond donors (Lipinski definition) is 3. The summed E-state index contributed by atoms with van der Waals surface area (Å²) in [7, 11) is 0. The van der Waals surface area contributed by atoms with E-state index in [0.29, 0.717) is 17.0 Å². The number of halogens is 1. The number of hydrazone groups is 2. The van der Waals surface area contributed by atoms with Crippen LogP contribution < -0.4 is 10.4 Å². The number of aromatic carboxylic acids is 1. The van der Waals surface area contributed by atoms with Gasteiger partial charge in [-0.25, -0.2) is 9.18 Å². The van der Waals surface area contributed by atoms with Gasteiger partial charge in [-0.05, 0) is 67.8 Å². The third-order valence-electron chi connectivity index (χ3n) is 5.51. The van der Waals surface area contributed by atoms with Crippen molar-refractivity contribution in [3.8, 4) is 16.9 Å². The number of anilines is 2. The Morgan fingerprint density at radius 1 is 1.06 bits per heavy atom. The van der Waals surface area contributed by atoms with Gasteiger partial charge in [-0.15, -0.1) is 0 Å². The van der Waals surface area contributed by atoms with E-state index in [2.05, 4.69) is 15.6 Å². The second-order valence-electron chi connectivity index (χ2n) is 7.88. The number of rotatable bonds is 5. The molecule has 9 heteroatoms. The van der Waals surface area contributed by atoms with E-state index in [-0.39, 0.29) is 28.3 Å². The smallest absolute Gasteiger partial charge is 0.335 e. The number of phenolic OH excluding ortho intramolecular Hbond substituents is 1. The first-order valence-electron chi connectivity index (χ1n) is 10.3. The van der Waals surface area contributed by atoms with Gasteiger partial charge in [0.15, 0.2) is 5.71 Å². The quantitative estimate of drug-likeness (QED) is 0.377. The van der Waals surface area contributed by atoms with Crippen LogP contribution in [0, 0.1) is 19.7 Å². The van der Waals surface area contributed by atoms with Gasteiger partial charge in [0.05, 0.1) is 17.0 Å². The molecule has 3 N–H and O–H groups in total. The van der Waals surface area contributed by atoms with Crippen LogP contribution in [0.15, 0.2) is 64.8 Å². The van der Waals surface area contributed by atoms with E-state index in [0.717, 1.165) is 23.3 Å². The lowest BCUT2D eigenvalue weighted by Crippen LogP contribution is -2.28. The zero-order valence-corrected chi connectivity index (χ0v) is 18.6. The zero-order valence-electron chi connectivity index (χ0n) is 18.6. The molecule has 0 radical (unpaired) electrons. The van der Waals surface area contributed by atoms with Crippen molar-refractivity contribution in [1.29, 1.82) is 0 Å². The number of carboxylic acid groups (broad SMARTS) is 1. The van der Waals surface area contributed by atoms with Crippen LogP contribution in [-0.4, -0.2) is 33.5 Å². The normalized spacial score (nSPS) is 14.5. The predicted molar refractivity (Wildman–Crippen MR) is 128 cm³/mol. The first-order chi connectivity index (χ1) is 16.2. The number of aryl methyl sites for hydroxylation is 2. The van der Waals surface area contributed by atoms with Crippen LogP contribution in [0.2, 0.25) is 0 Å². The van der Waals surface area contributed by atoms with Gasteiger partial charge >= 0.3 is 11.9 Å². The molecule has 3 aromatic rings. The van der Waals surface area contributed by atoms with Crippen molar-refractivity contribution in [3.05, 3.63) is 77.1 Å². The van der Waals surface area contributed by atoms with E-state index < -0.39 is 17.7 Å². The van der Waals surface area contributed by atoms with Gasteiger partial charge in [0.2, 0.25) is 0 Å². The molecule has 0 aromatic heterocycles. The standard InChI is InChI=1S/C25H21FN4O4/c1-13-7-8-19(9-14(13)2)30-24(32)22(15(3)29-30)28-27-21-12-18(26)11-20(23(21)31)16-5-4-6-17(10-16)25(33)34/h4-12,27,31H,1-3H3,(H,33,34)/b28-22-. The topological polar surface area (TPSA) is 115 Å². The maximum absolute atomic E-state index is 14.3. The molecule has 1 amide bonds. The number of nitrogens with one attached hydrogen (secondary N) is 1. The molecule has 1 aliphatic heterocycles. The largest absolute Gasteiger partial charge is 0.505 e. The Morgan fingerprint density at radius 3 is 2.53 bits per heavy atom. The summed E-state index contributed by atoms with van der Waals surface area (Å²) in [6.45, 7) is 5.52. The van der Waals surface area contributed by atoms with Crippen LogP contribution >= 0.6 is 0 Å². The zero-order chi connectivity index (χ0) is 24.6.